The van der Waals surface area contributed by atoms with Gasteiger partial charge in [-0.3, -0.25) is 0 Å². The molecule has 0 amide bonds. The Balaban J connectivity index is 1.93. The molecule has 0 N–H and O–H groups in total. The standard InChI is InChI=1S/C14H17N3O3/c1-10-4-3-5-11(15-10)12-16-13(20-17-12)14(18-2)6-8-19-9-7-14/h3-5H,6-9H2,1-2H3. The van der Waals surface area contributed by atoms with E-state index in [2.05, 4.69) is 15.1 Å². The second-order valence-corrected chi connectivity index (χ2v) is 4.90. The van der Waals surface area contributed by atoms with Crippen LogP contribution in [0.3, 0.4) is 0 Å². The molecule has 0 spiro atoms. The molecule has 6 heteroatoms. The van der Waals surface area contributed by atoms with Crippen LogP contribution in [0.2, 0.25) is 0 Å². The lowest BCUT2D eigenvalue weighted by molar-refractivity contribution is -0.111. The number of methoxy groups -OCH3 is 1. The first-order valence-electron chi connectivity index (χ1n) is 6.65. The van der Waals surface area contributed by atoms with Crippen LogP contribution in [0.25, 0.3) is 11.5 Å². The summed E-state index contributed by atoms with van der Waals surface area (Å²) in [7, 11) is 1.67. The quantitative estimate of drug-likeness (QED) is 0.854. The van der Waals surface area contributed by atoms with Crippen molar-refractivity contribution in [3.63, 3.8) is 0 Å². The molecule has 20 heavy (non-hydrogen) atoms. The fraction of sp³-hybridized carbons (Fsp3) is 0.500. The van der Waals surface area contributed by atoms with Gasteiger partial charge in [-0.15, -0.1) is 0 Å². The van der Waals surface area contributed by atoms with E-state index in [0.717, 1.165) is 5.69 Å². The Bertz CT molecular complexity index is 591. The Morgan fingerprint density at radius 3 is 2.70 bits per heavy atom. The van der Waals surface area contributed by atoms with E-state index in [9.17, 15) is 0 Å². The molecule has 0 unspecified atom stereocenters. The number of nitrogens with zero attached hydrogens (tertiary/aromatic N) is 3. The van der Waals surface area contributed by atoms with E-state index in [4.69, 9.17) is 14.0 Å². The van der Waals surface area contributed by atoms with Crippen molar-refractivity contribution in [3.8, 4) is 11.5 Å². The van der Waals surface area contributed by atoms with Gasteiger partial charge in [0.25, 0.3) is 5.89 Å². The van der Waals surface area contributed by atoms with Gasteiger partial charge in [-0.25, -0.2) is 4.98 Å². The minimum absolute atomic E-state index is 0.492. The van der Waals surface area contributed by atoms with E-state index in [1.165, 1.54) is 0 Å². The van der Waals surface area contributed by atoms with Gasteiger partial charge in [0.1, 0.15) is 5.69 Å². The van der Waals surface area contributed by atoms with Crippen LogP contribution in [0.15, 0.2) is 22.7 Å². The topological polar surface area (TPSA) is 70.3 Å². The molecule has 0 atom stereocenters. The first kappa shape index (κ1) is 13.2. The Morgan fingerprint density at radius 1 is 1.20 bits per heavy atom. The van der Waals surface area contributed by atoms with E-state index in [0.29, 0.717) is 43.5 Å². The van der Waals surface area contributed by atoms with Gasteiger partial charge in [0.2, 0.25) is 5.82 Å². The van der Waals surface area contributed by atoms with Gasteiger partial charge in [-0.1, -0.05) is 11.2 Å². The van der Waals surface area contributed by atoms with E-state index >= 15 is 0 Å². The summed E-state index contributed by atoms with van der Waals surface area (Å²) >= 11 is 0. The Kier molecular flexibility index (Phi) is 3.50. The zero-order valence-electron chi connectivity index (χ0n) is 11.6. The highest BCUT2D eigenvalue weighted by atomic mass is 16.5. The second kappa shape index (κ2) is 5.30. The van der Waals surface area contributed by atoms with Crippen LogP contribution in [0.1, 0.15) is 24.4 Å². The number of aromatic nitrogens is 3. The fourth-order valence-corrected chi connectivity index (χ4v) is 2.39. The van der Waals surface area contributed by atoms with Crippen LogP contribution in [0.4, 0.5) is 0 Å². The van der Waals surface area contributed by atoms with Gasteiger partial charge in [0.15, 0.2) is 5.60 Å². The van der Waals surface area contributed by atoms with Gasteiger partial charge in [0, 0.05) is 38.9 Å². The molecule has 1 aliphatic rings. The molecule has 0 radical (unpaired) electrons. The van der Waals surface area contributed by atoms with Crippen molar-refractivity contribution < 1.29 is 14.0 Å². The third-order valence-electron chi connectivity index (χ3n) is 3.62. The first-order chi connectivity index (χ1) is 9.73. The lowest BCUT2D eigenvalue weighted by atomic mass is 9.94. The summed E-state index contributed by atoms with van der Waals surface area (Å²) in [6.45, 7) is 3.20. The number of hydrogen-bond acceptors (Lipinski definition) is 6. The monoisotopic (exact) mass is 275 g/mol. The largest absolute Gasteiger partial charge is 0.381 e. The normalized spacial score (nSPS) is 18.1. The minimum Gasteiger partial charge on any atom is -0.381 e. The van der Waals surface area contributed by atoms with E-state index < -0.39 is 5.60 Å². The highest BCUT2D eigenvalue weighted by Gasteiger charge is 2.40. The number of ether oxygens (including phenoxy) is 2. The summed E-state index contributed by atoms with van der Waals surface area (Å²) in [4.78, 5) is 8.87. The third-order valence-corrected chi connectivity index (χ3v) is 3.62. The predicted molar refractivity (Wildman–Crippen MR) is 71.0 cm³/mol. The first-order valence-corrected chi connectivity index (χ1v) is 6.65. The number of pyridine rings is 1. The van der Waals surface area contributed by atoms with Gasteiger partial charge in [-0.05, 0) is 19.1 Å². The van der Waals surface area contributed by atoms with Crippen LogP contribution in [-0.2, 0) is 15.1 Å². The minimum atomic E-state index is -0.534. The van der Waals surface area contributed by atoms with Crippen molar-refractivity contribution >= 4 is 0 Å². The van der Waals surface area contributed by atoms with Crippen LogP contribution in [0, 0.1) is 6.92 Å². The lowest BCUT2D eigenvalue weighted by Crippen LogP contribution is -2.35. The summed E-state index contributed by atoms with van der Waals surface area (Å²) in [5.74, 6) is 0.994. The molecule has 3 heterocycles. The van der Waals surface area contributed by atoms with E-state index in [1.54, 1.807) is 7.11 Å². The molecular weight excluding hydrogens is 258 g/mol. The summed E-state index contributed by atoms with van der Waals surface area (Å²) in [6, 6.07) is 5.72. The van der Waals surface area contributed by atoms with Gasteiger partial charge in [0.05, 0.1) is 0 Å². The Morgan fingerprint density at radius 2 is 2.00 bits per heavy atom. The van der Waals surface area contributed by atoms with Gasteiger partial charge < -0.3 is 14.0 Å². The van der Waals surface area contributed by atoms with Crippen LogP contribution < -0.4 is 0 Å². The number of hydrogen-bond donors (Lipinski definition) is 0. The van der Waals surface area contributed by atoms with Crippen molar-refractivity contribution in [2.75, 3.05) is 20.3 Å². The van der Waals surface area contributed by atoms with Crippen LogP contribution in [-0.4, -0.2) is 35.4 Å². The molecule has 3 rings (SSSR count). The summed E-state index contributed by atoms with van der Waals surface area (Å²) in [6.07, 6.45) is 1.43. The highest BCUT2D eigenvalue weighted by molar-refractivity contribution is 5.48. The highest BCUT2D eigenvalue weighted by Crippen LogP contribution is 2.35. The van der Waals surface area contributed by atoms with Crippen LogP contribution in [0.5, 0.6) is 0 Å². The summed E-state index contributed by atoms with van der Waals surface area (Å²) < 4.78 is 16.4. The predicted octanol–water partition coefficient (Wildman–Crippen LogP) is 2.09. The molecule has 0 aliphatic carbocycles. The van der Waals surface area contributed by atoms with Crippen LogP contribution >= 0.6 is 0 Å². The molecule has 1 saturated heterocycles. The number of aryl methyl sites for hydroxylation is 1. The third kappa shape index (κ3) is 2.32. The van der Waals surface area contributed by atoms with Crippen molar-refractivity contribution in [1.82, 2.24) is 15.1 Å². The molecule has 2 aromatic rings. The molecule has 0 saturated carbocycles. The molecule has 1 fully saturated rings. The van der Waals surface area contributed by atoms with E-state index in [-0.39, 0.29) is 0 Å². The molecule has 1 aliphatic heterocycles. The van der Waals surface area contributed by atoms with Crippen molar-refractivity contribution in [2.24, 2.45) is 0 Å². The van der Waals surface area contributed by atoms with Crippen molar-refractivity contribution in [1.29, 1.82) is 0 Å². The Hall–Kier alpha value is -1.79. The smallest absolute Gasteiger partial charge is 0.259 e. The van der Waals surface area contributed by atoms with Gasteiger partial charge >= 0.3 is 0 Å². The van der Waals surface area contributed by atoms with Crippen molar-refractivity contribution in [3.05, 3.63) is 29.8 Å². The van der Waals surface area contributed by atoms with E-state index in [1.807, 2.05) is 25.1 Å². The molecule has 6 nitrogen and oxygen atoms in total. The second-order valence-electron chi connectivity index (χ2n) is 4.90. The average molecular weight is 275 g/mol. The zero-order chi connectivity index (χ0) is 14.0. The molecule has 106 valence electrons. The molecule has 0 bridgehead atoms. The maximum atomic E-state index is 5.64. The fourth-order valence-electron chi connectivity index (χ4n) is 2.39. The molecule has 0 aromatic carbocycles. The summed E-state index contributed by atoms with van der Waals surface area (Å²) in [5.41, 5.74) is 1.09. The van der Waals surface area contributed by atoms with Crippen molar-refractivity contribution in [2.45, 2.75) is 25.4 Å². The molecular formula is C14H17N3O3. The lowest BCUT2D eigenvalue weighted by Gasteiger charge is -2.32. The summed E-state index contributed by atoms with van der Waals surface area (Å²) in [5, 5.41) is 4.03. The zero-order valence-corrected chi connectivity index (χ0v) is 11.6. The maximum absolute atomic E-state index is 5.64. The number of rotatable bonds is 3. The SMILES string of the molecule is COC1(c2nc(-c3cccc(C)n3)no2)CCOCC1. The average Bonchev–Trinajstić information content (AvgIpc) is 2.98. The maximum Gasteiger partial charge on any atom is 0.259 e. The Labute approximate surface area is 117 Å². The van der Waals surface area contributed by atoms with Gasteiger partial charge in [-0.2, -0.15) is 4.98 Å². The molecule has 2 aromatic heterocycles.